The summed E-state index contributed by atoms with van der Waals surface area (Å²) in [6.07, 6.45) is 1.85. The Kier molecular flexibility index (Phi) is 4.52. The van der Waals surface area contributed by atoms with Gasteiger partial charge < -0.3 is 19.9 Å². The molecule has 0 aliphatic carbocycles. The van der Waals surface area contributed by atoms with E-state index in [2.05, 4.69) is 15.0 Å². The summed E-state index contributed by atoms with van der Waals surface area (Å²) in [6.45, 7) is 0.481. The predicted octanol–water partition coefficient (Wildman–Crippen LogP) is 0.912. The Morgan fingerprint density at radius 2 is 2.35 bits per heavy atom. The van der Waals surface area contributed by atoms with Crippen LogP contribution in [0.5, 0.6) is 0 Å². The largest absolute Gasteiger partial charge is 0.479 e. The number of aliphatic carboxylic acids is 1. The van der Waals surface area contributed by atoms with Crippen LogP contribution in [0.2, 0.25) is 0 Å². The number of carbonyl (C=O) groups is 2. The zero-order valence-electron chi connectivity index (χ0n) is 11.0. The highest BCUT2D eigenvalue weighted by atomic mass is 16.5. The van der Waals surface area contributed by atoms with Gasteiger partial charge in [0.25, 0.3) is 0 Å². The molecule has 7 nitrogen and oxygen atoms in total. The molecule has 0 bridgehead atoms. The van der Waals surface area contributed by atoms with Crippen molar-refractivity contribution in [1.29, 1.82) is 0 Å². The second kappa shape index (κ2) is 6.33. The normalized spacial score (nSPS) is 21.4. The number of pyridine rings is 1. The minimum Gasteiger partial charge on any atom is -0.479 e. The lowest BCUT2D eigenvalue weighted by Crippen LogP contribution is -2.24. The van der Waals surface area contributed by atoms with Crippen LogP contribution in [-0.2, 0) is 14.3 Å². The third kappa shape index (κ3) is 3.45. The fourth-order valence-corrected chi connectivity index (χ4v) is 2.03. The minimum atomic E-state index is -0.926. The van der Waals surface area contributed by atoms with Gasteiger partial charge in [-0.05, 0) is 25.0 Å². The molecule has 20 heavy (non-hydrogen) atoms. The third-order valence-electron chi connectivity index (χ3n) is 3.07. The Hall–Kier alpha value is -2.15. The van der Waals surface area contributed by atoms with Crippen molar-refractivity contribution in [2.75, 3.05) is 19.0 Å². The first kappa shape index (κ1) is 14.3. The van der Waals surface area contributed by atoms with E-state index < -0.39 is 18.0 Å². The van der Waals surface area contributed by atoms with Crippen LogP contribution in [0.4, 0.5) is 5.69 Å². The van der Waals surface area contributed by atoms with Crippen molar-refractivity contribution in [3.05, 3.63) is 24.0 Å². The zero-order chi connectivity index (χ0) is 14.5. The van der Waals surface area contributed by atoms with Gasteiger partial charge in [-0.3, -0.25) is 0 Å². The van der Waals surface area contributed by atoms with E-state index in [1.807, 2.05) is 0 Å². The second-order valence-corrected chi connectivity index (χ2v) is 4.46. The van der Waals surface area contributed by atoms with E-state index in [1.54, 1.807) is 12.1 Å². The third-order valence-corrected chi connectivity index (χ3v) is 3.07. The predicted molar refractivity (Wildman–Crippen MR) is 69.6 cm³/mol. The number of hydrogen-bond donors (Lipinski definition) is 2. The van der Waals surface area contributed by atoms with Gasteiger partial charge in [-0.25, -0.2) is 14.6 Å². The van der Waals surface area contributed by atoms with Gasteiger partial charge in [0.05, 0.1) is 13.2 Å². The van der Waals surface area contributed by atoms with Gasteiger partial charge in [0.15, 0.2) is 6.10 Å². The van der Waals surface area contributed by atoms with Crippen molar-refractivity contribution < 1.29 is 24.2 Å². The molecule has 2 heterocycles. The first-order valence-electron chi connectivity index (χ1n) is 6.26. The number of carboxylic acids is 1. The number of hydrogen-bond acceptors (Lipinski definition) is 6. The van der Waals surface area contributed by atoms with Crippen molar-refractivity contribution in [2.45, 2.75) is 25.0 Å². The molecule has 2 atom stereocenters. The molecule has 0 saturated carbocycles. The van der Waals surface area contributed by atoms with Gasteiger partial charge in [0.1, 0.15) is 5.69 Å². The van der Waals surface area contributed by atoms with Gasteiger partial charge in [-0.15, -0.1) is 0 Å². The monoisotopic (exact) mass is 280 g/mol. The van der Waals surface area contributed by atoms with Gasteiger partial charge in [-0.2, -0.15) is 0 Å². The van der Waals surface area contributed by atoms with Crippen molar-refractivity contribution in [2.24, 2.45) is 0 Å². The molecule has 2 rings (SSSR count). The lowest BCUT2D eigenvalue weighted by atomic mass is 10.2. The number of nitrogens with one attached hydrogen (secondary N) is 1. The molecule has 1 aromatic heterocycles. The maximum atomic E-state index is 11.3. The van der Waals surface area contributed by atoms with Crippen LogP contribution in [-0.4, -0.2) is 47.9 Å². The van der Waals surface area contributed by atoms with Gasteiger partial charge in [0, 0.05) is 18.4 Å². The number of esters is 1. The first-order valence-corrected chi connectivity index (χ1v) is 6.26. The highest BCUT2D eigenvalue weighted by molar-refractivity contribution is 5.88. The van der Waals surface area contributed by atoms with E-state index in [0.717, 1.165) is 0 Å². The molecule has 108 valence electrons. The van der Waals surface area contributed by atoms with Crippen LogP contribution in [0.1, 0.15) is 23.3 Å². The maximum Gasteiger partial charge on any atom is 0.356 e. The average Bonchev–Trinajstić information content (AvgIpc) is 2.93. The van der Waals surface area contributed by atoms with Crippen molar-refractivity contribution in [3.8, 4) is 0 Å². The Morgan fingerprint density at radius 1 is 1.55 bits per heavy atom. The molecule has 2 unspecified atom stereocenters. The standard InChI is InChI=1S/C13H16N2O5/c1-19-13(18)10-6-8(4-5-14-10)15-7-9-2-3-11(20-9)12(16)17/h4-6,9,11H,2-3,7H2,1H3,(H,14,15)(H,16,17). The Labute approximate surface area is 115 Å². The molecule has 0 radical (unpaired) electrons. The quantitative estimate of drug-likeness (QED) is 0.773. The van der Waals surface area contributed by atoms with Crippen LogP contribution in [0.15, 0.2) is 18.3 Å². The molecule has 0 spiro atoms. The molecule has 2 N–H and O–H groups in total. The fourth-order valence-electron chi connectivity index (χ4n) is 2.03. The summed E-state index contributed by atoms with van der Waals surface area (Å²) < 4.78 is 9.96. The van der Waals surface area contributed by atoms with Gasteiger partial charge >= 0.3 is 11.9 Å². The van der Waals surface area contributed by atoms with E-state index in [4.69, 9.17) is 9.84 Å². The molecule has 1 aliphatic heterocycles. The molecule has 0 aromatic carbocycles. The summed E-state index contributed by atoms with van der Waals surface area (Å²) in [4.78, 5) is 26.0. The van der Waals surface area contributed by atoms with Crippen LogP contribution < -0.4 is 5.32 Å². The number of aromatic nitrogens is 1. The van der Waals surface area contributed by atoms with Crippen molar-refractivity contribution >= 4 is 17.6 Å². The van der Waals surface area contributed by atoms with Crippen LogP contribution in [0.25, 0.3) is 0 Å². The number of carbonyl (C=O) groups excluding carboxylic acids is 1. The summed E-state index contributed by atoms with van der Waals surface area (Å²) in [5, 5.41) is 11.9. The van der Waals surface area contributed by atoms with E-state index in [1.165, 1.54) is 13.3 Å². The first-order chi connectivity index (χ1) is 9.60. The highest BCUT2D eigenvalue weighted by Crippen LogP contribution is 2.20. The Bertz CT molecular complexity index is 505. The van der Waals surface area contributed by atoms with E-state index >= 15 is 0 Å². The number of rotatable bonds is 5. The molecule has 1 aromatic rings. The minimum absolute atomic E-state index is 0.147. The highest BCUT2D eigenvalue weighted by Gasteiger charge is 2.30. The lowest BCUT2D eigenvalue weighted by Gasteiger charge is -2.13. The fraction of sp³-hybridized carbons (Fsp3) is 0.462. The van der Waals surface area contributed by atoms with Crippen LogP contribution in [0, 0.1) is 0 Å². The molecule has 1 fully saturated rings. The average molecular weight is 280 g/mol. The summed E-state index contributed by atoms with van der Waals surface area (Å²) in [5.41, 5.74) is 0.927. The Morgan fingerprint density at radius 3 is 3.00 bits per heavy atom. The number of methoxy groups -OCH3 is 1. The van der Waals surface area contributed by atoms with Crippen LogP contribution >= 0.6 is 0 Å². The van der Waals surface area contributed by atoms with Crippen molar-refractivity contribution in [1.82, 2.24) is 4.98 Å². The molecule has 1 saturated heterocycles. The van der Waals surface area contributed by atoms with Gasteiger partial charge in [0.2, 0.25) is 0 Å². The number of anilines is 1. The summed E-state index contributed by atoms with van der Waals surface area (Å²) in [6, 6.07) is 3.30. The number of ether oxygens (including phenoxy) is 2. The smallest absolute Gasteiger partial charge is 0.356 e. The van der Waals surface area contributed by atoms with Crippen molar-refractivity contribution in [3.63, 3.8) is 0 Å². The number of nitrogens with zero attached hydrogens (tertiary/aromatic N) is 1. The topological polar surface area (TPSA) is 97.8 Å². The summed E-state index contributed by atoms with van der Waals surface area (Å²) in [5.74, 6) is -1.43. The van der Waals surface area contributed by atoms with Gasteiger partial charge in [-0.1, -0.05) is 0 Å². The number of carboxylic acid groups (broad SMARTS) is 1. The summed E-state index contributed by atoms with van der Waals surface area (Å²) in [7, 11) is 1.29. The summed E-state index contributed by atoms with van der Waals surface area (Å²) >= 11 is 0. The van der Waals surface area contributed by atoms with E-state index in [0.29, 0.717) is 25.1 Å². The second-order valence-electron chi connectivity index (χ2n) is 4.46. The molecular weight excluding hydrogens is 264 g/mol. The SMILES string of the molecule is COC(=O)c1cc(NCC2CCC(C(=O)O)O2)ccn1. The van der Waals surface area contributed by atoms with E-state index in [9.17, 15) is 9.59 Å². The maximum absolute atomic E-state index is 11.3. The molecule has 0 amide bonds. The van der Waals surface area contributed by atoms with E-state index in [-0.39, 0.29) is 11.8 Å². The molecular formula is C13H16N2O5. The van der Waals surface area contributed by atoms with Crippen LogP contribution in [0.3, 0.4) is 0 Å². The lowest BCUT2D eigenvalue weighted by molar-refractivity contribution is -0.149. The molecule has 7 heteroatoms. The molecule has 1 aliphatic rings. The zero-order valence-corrected chi connectivity index (χ0v) is 11.0. The Balaban J connectivity index is 1.88.